The fraction of sp³-hybridized carbons (Fsp3) is 0.688. The van der Waals surface area contributed by atoms with E-state index in [1.165, 1.54) is 12.5 Å². The van der Waals surface area contributed by atoms with Gasteiger partial charge in [0.2, 0.25) is 0 Å². The van der Waals surface area contributed by atoms with E-state index in [1.54, 1.807) is 0 Å². The highest BCUT2D eigenvalue weighted by molar-refractivity contribution is 5.66. The quantitative estimate of drug-likeness (QED) is 0.746. The van der Waals surface area contributed by atoms with E-state index in [4.69, 9.17) is 14.2 Å². The van der Waals surface area contributed by atoms with Gasteiger partial charge < -0.3 is 14.2 Å². The fourth-order valence-electron chi connectivity index (χ4n) is 2.84. The molecule has 4 nitrogen and oxygen atoms in total. The van der Waals surface area contributed by atoms with Crippen molar-refractivity contribution >= 4 is 5.97 Å². The van der Waals surface area contributed by atoms with E-state index in [-0.39, 0.29) is 11.4 Å². The lowest BCUT2D eigenvalue weighted by Gasteiger charge is -2.41. The van der Waals surface area contributed by atoms with Crippen molar-refractivity contribution in [2.75, 3.05) is 19.8 Å². The van der Waals surface area contributed by atoms with Gasteiger partial charge in [0.25, 0.3) is 0 Å². The Morgan fingerprint density at radius 2 is 1.85 bits per heavy atom. The van der Waals surface area contributed by atoms with Gasteiger partial charge in [-0.3, -0.25) is 4.79 Å². The number of esters is 1. The van der Waals surface area contributed by atoms with Crippen LogP contribution in [0.2, 0.25) is 0 Å². The fourth-order valence-corrected chi connectivity index (χ4v) is 2.84. The predicted octanol–water partition coefficient (Wildman–Crippen LogP) is 2.99. The maximum absolute atomic E-state index is 11.0. The van der Waals surface area contributed by atoms with E-state index in [1.807, 2.05) is 20.8 Å². The summed E-state index contributed by atoms with van der Waals surface area (Å²) in [5.74, 6) is -0.760. The van der Waals surface area contributed by atoms with Crippen molar-refractivity contribution in [3.8, 4) is 0 Å². The van der Waals surface area contributed by atoms with Crippen LogP contribution in [-0.4, -0.2) is 31.6 Å². The maximum atomic E-state index is 11.0. The Morgan fingerprint density at radius 3 is 2.35 bits per heavy atom. The summed E-state index contributed by atoms with van der Waals surface area (Å²) < 4.78 is 16.8. The highest BCUT2D eigenvalue weighted by Crippen LogP contribution is 2.47. The van der Waals surface area contributed by atoms with Gasteiger partial charge >= 0.3 is 5.97 Å². The zero-order valence-electron chi connectivity index (χ0n) is 12.9. The molecule has 1 fully saturated rings. The summed E-state index contributed by atoms with van der Waals surface area (Å²) in [5.41, 5.74) is 3.37. The Morgan fingerprint density at radius 1 is 1.25 bits per heavy atom. The smallest absolute Gasteiger partial charge is 0.302 e. The van der Waals surface area contributed by atoms with Crippen molar-refractivity contribution in [3.05, 3.63) is 23.3 Å². The maximum Gasteiger partial charge on any atom is 0.302 e. The Bertz CT molecular complexity index is 449. The predicted molar refractivity (Wildman–Crippen MR) is 76.1 cm³/mol. The minimum absolute atomic E-state index is 0.0285. The molecule has 112 valence electrons. The van der Waals surface area contributed by atoms with Crippen LogP contribution in [-0.2, 0) is 19.0 Å². The molecule has 0 aromatic rings. The molecule has 1 heterocycles. The summed E-state index contributed by atoms with van der Waals surface area (Å²) in [7, 11) is 0. The third-order valence-electron chi connectivity index (χ3n) is 3.98. The van der Waals surface area contributed by atoms with Crippen molar-refractivity contribution in [3.63, 3.8) is 0 Å². The summed E-state index contributed by atoms with van der Waals surface area (Å²) in [5, 5.41) is 0. The van der Waals surface area contributed by atoms with Crippen molar-refractivity contribution in [1.29, 1.82) is 0 Å². The molecular weight excluding hydrogens is 256 g/mol. The minimum atomic E-state index is -0.507. The number of hydrogen-bond donors (Lipinski definition) is 0. The first-order valence-electron chi connectivity index (χ1n) is 7.01. The van der Waals surface area contributed by atoms with Crippen molar-refractivity contribution in [1.82, 2.24) is 0 Å². The molecule has 4 heteroatoms. The molecule has 1 aliphatic carbocycles. The molecule has 0 unspecified atom stereocenters. The number of carbonyl (C=O) groups excluding carboxylic acids is 1. The lowest BCUT2D eigenvalue weighted by Crippen LogP contribution is -2.45. The van der Waals surface area contributed by atoms with Crippen LogP contribution in [0.25, 0.3) is 0 Å². The summed E-state index contributed by atoms with van der Waals surface area (Å²) in [6.45, 7) is 13.0. The average molecular weight is 280 g/mol. The average Bonchev–Trinajstić information content (AvgIpc) is 2.71. The number of hydrogen-bond acceptors (Lipinski definition) is 4. The minimum Gasteiger partial charge on any atom is -0.461 e. The molecule has 1 spiro atoms. The molecule has 0 atom stereocenters. The molecule has 0 aromatic carbocycles. The Balaban J connectivity index is 2.09. The summed E-state index contributed by atoms with van der Waals surface area (Å²) in [4.78, 5) is 11.0. The van der Waals surface area contributed by atoms with Gasteiger partial charge in [-0.2, -0.15) is 0 Å². The monoisotopic (exact) mass is 280 g/mol. The first kappa shape index (κ1) is 15.3. The Kier molecular flexibility index (Phi) is 4.07. The largest absolute Gasteiger partial charge is 0.461 e. The van der Waals surface area contributed by atoms with Crippen LogP contribution in [0.5, 0.6) is 0 Å². The van der Waals surface area contributed by atoms with E-state index in [9.17, 15) is 4.79 Å². The highest BCUT2D eigenvalue weighted by atomic mass is 16.7. The molecule has 1 aliphatic heterocycles. The van der Waals surface area contributed by atoms with Crippen molar-refractivity contribution in [2.45, 2.75) is 46.3 Å². The second-order valence-electron chi connectivity index (χ2n) is 6.47. The lowest BCUT2D eigenvalue weighted by molar-refractivity contribution is -0.283. The van der Waals surface area contributed by atoms with E-state index >= 15 is 0 Å². The molecule has 0 radical (unpaired) electrons. The second kappa shape index (κ2) is 5.34. The molecule has 0 saturated carbocycles. The van der Waals surface area contributed by atoms with Gasteiger partial charge in [0, 0.05) is 12.3 Å². The van der Waals surface area contributed by atoms with Gasteiger partial charge in [0.05, 0.1) is 13.2 Å². The standard InChI is InChI=1S/C16H24O4/c1-11(2)14-7-16(6-13(14)8-18-12(3)17)9-19-15(4,5)20-10-16/h1,6-10H2,2-5H3. The molecule has 0 bridgehead atoms. The van der Waals surface area contributed by atoms with Gasteiger partial charge in [-0.25, -0.2) is 0 Å². The number of rotatable bonds is 3. The van der Waals surface area contributed by atoms with Crippen LogP contribution < -0.4 is 0 Å². The number of ether oxygens (including phenoxy) is 3. The molecule has 2 rings (SSSR count). The van der Waals surface area contributed by atoms with Gasteiger partial charge in [-0.15, -0.1) is 0 Å². The van der Waals surface area contributed by atoms with E-state index < -0.39 is 5.79 Å². The topological polar surface area (TPSA) is 44.8 Å². The van der Waals surface area contributed by atoms with Crippen LogP contribution in [0.4, 0.5) is 0 Å². The molecule has 2 aliphatic rings. The molecule has 0 aromatic heterocycles. The molecular formula is C16H24O4. The zero-order chi connectivity index (χ0) is 15.0. The first-order valence-corrected chi connectivity index (χ1v) is 7.01. The van der Waals surface area contributed by atoms with Gasteiger partial charge in [0.15, 0.2) is 5.79 Å². The van der Waals surface area contributed by atoms with Crippen LogP contribution in [0.1, 0.15) is 40.5 Å². The molecule has 0 amide bonds. The normalized spacial score (nSPS) is 24.0. The second-order valence-corrected chi connectivity index (χ2v) is 6.47. The summed E-state index contributed by atoms with van der Waals surface area (Å²) in [6, 6.07) is 0. The highest BCUT2D eigenvalue weighted by Gasteiger charge is 2.45. The van der Waals surface area contributed by atoms with E-state index in [2.05, 4.69) is 6.58 Å². The van der Waals surface area contributed by atoms with Gasteiger partial charge in [-0.1, -0.05) is 12.2 Å². The third-order valence-corrected chi connectivity index (χ3v) is 3.98. The third kappa shape index (κ3) is 3.30. The van der Waals surface area contributed by atoms with Crippen LogP contribution >= 0.6 is 0 Å². The molecule has 0 N–H and O–H groups in total. The molecule has 1 saturated heterocycles. The number of carbonyl (C=O) groups is 1. The molecule has 20 heavy (non-hydrogen) atoms. The summed E-state index contributed by atoms with van der Waals surface area (Å²) in [6.07, 6.45) is 1.73. The van der Waals surface area contributed by atoms with E-state index in [0.29, 0.717) is 19.8 Å². The summed E-state index contributed by atoms with van der Waals surface area (Å²) >= 11 is 0. The van der Waals surface area contributed by atoms with Crippen LogP contribution in [0.3, 0.4) is 0 Å². The SMILES string of the molecule is C=C(C)C1=C(COC(C)=O)CC2(COC(C)(C)OC2)C1. The van der Waals surface area contributed by atoms with Crippen molar-refractivity contribution < 1.29 is 19.0 Å². The van der Waals surface area contributed by atoms with Gasteiger partial charge in [0.1, 0.15) is 6.61 Å². The Hall–Kier alpha value is -1.13. The lowest BCUT2D eigenvalue weighted by atomic mass is 9.84. The van der Waals surface area contributed by atoms with Crippen LogP contribution in [0.15, 0.2) is 23.3 Å². The van der Waals surface area contributed by atoms with E-state index in [0.717, 1.165) is 24.0 Å². The van der Waals surface area contributed by atoms with Crippen molar-refractivity contribution in [2.24, 2.45) is 5.41 Å². The first-order chi connectivity index (χ1) is 9.23. The van der Waals surface area contributed by atoms with Gasteiger partial charge in [-0.05, 0) is 44.8 Å². The Labute approximate surface area is 120 Å². The number of allylic oxidation sites excluding steroid dienone is 2. The zero-order valence-corrected chi connectivity index (χ0v) is 12.9. The van der Waals surface area contributed by atoms with Crippen LogP contribution in [0, 0.1) is 5.41 Å².